The molecule has 23 heavy (non-hydrogen) atoms. The van der Waals surface area contributed by atoms with Gasteiger partial charge in [0.2, 0.25) is 5.43 Å². The lowest BCUT2D eigenvalue weighted by atomic mass is 10.1. The van der Waals surface area contributed by atoms with E-state index in [1.54, 1.807) is 27.3 Å². The number of esters is 1. The minimum absolute atomic E-state index is 0.0192. The molecule has 0 fully saturated rings. The summed E-state index contributed by atoms with van der Waals surface area (Å²) in [6, 6.07) is 0. The van der Waals surface area contributed by atoms with Crippen LogP contribution >= 0.6 is 11.8 Å². The van der Waals surface area contributed by atoms with E-state index in [-0.39, 0.29) is 23.3 Å². The van der Waals surface area contributed by atoms with E-state index in [2.05, 4.69) is 10.1 Å². The van der Waals surface area contributed by atoms with Crippen LogP contribution in [0, 0.1) is 0 Å². The van der Waals surface area contributed by atoms with Crippen LogP contribution in [0.25, 0.3) is 11.0 Å². The van der Waals surface area contributed by atoms with Gasteiger partial charge >= 0.3 is 5.97 Å². The molecule has 0 saturated heterocycles. The molecule has 0 aliphatic rings. The molecule has 2 heterocycles. The van der Waals surface area contributed by atoms with E-state index in [1.165, 1.54) is 27.9 Å². The smallest absolute Gasteiger partial charge is 0.314 e. The van der Waals surface area contributed by atoms with Crippen LogP contribution < -0.4 is 11.0 Å². The fourth-order valence-electron chi connectivity index (χ4n) is 2.23. The monoisotopic (exact) mass is 338 g/mol. The number of thioether (sulfide) groups is 1. The maximum absolute atomic E-state index is 12.7. The molecule has 0 N–H and O–H groups in total. The summed E-state index contributed by atoms with van der Waals surface area (Å²) in [7, 11) is 3.13. The van der Waals surface area contributed by atoms with Crippen molar-refractivity contribution in [1.29, 1.82) is 0 Å². The van der Waals surface area contributed by atoms with Gasteiger partial charge < -0.3 is 4.74 Å². The number of carbonyl (C=O) groups excluding carboxylic acids is 1. The first-order valence-electron chi connectivity index (χ1n) is 7.02. The number of nitrogens with zero attached hydrogens (tertiary/aromatic N) is 4. The molecule has 9 heteroatoms. The molecule has 0 radical (unpaired) electrons. The van der Waals surface area contributed by atoms with Crippen LogP contribution in [-0.4, -0.2) is 38.2 Å². The Morgan fingerprint density at radius 1 is 1.35 bits per heavy atom. The molecule has 0 aromatic carbocycles. The van der Waals surface area contributed by atoms with Crippen LogP contribution in [-0.2, 0) is 23.6 Å². The van der Waals surface area contributed by atoms with Crippen molar-refractivity contribution in [2.24, 2.45) is 14.1 Å². The van der Waals surface area contributed by atoms with Crippen LogP contribution in [0.5, 0.6) is 0 Å². The van der Waals surface area contributed by atoms with Gasteiger partial charge in [0.15, 0.2) is 10.8 Å². The Morgan fingerprint density at radius 2 is 2.00 bits per heavy atom. The average Bonchev–Trinajstić information content (AvgIpc) is 2.52. The zero-order valence-corrected chi connectivity index (χ0v) is 14.4. The number of carbonyl (C=O) groups is 1. The number of hydrogen-bond acceptors (Lipinski definition) is 7. The highest BCUT2D eigenvalue weighted by molar-refractivity contribution is 7.98. The third-order valence-corrected chi connectivity index (χ3v) is 4.22. The second-order valence-electron chi connectivity index (χ2n) is 4.97. The maximum atomic E-state index is 12.7. The van der Waals surface area contributed by atoms with Gasteiger partial charge in [-0.15, -0.1) is 0 Å². The van der Waals surface area contributed by atoms with Crippen LogP contribution in [0.3, 0.4) is 0 Å². The first kappa shape index (κ1) is 17.2. The number of rotatable bonds is 4. The molecule has 2 aromatic heterocycles. The SMILES string of the molecule is CCOC(=O)C(C)c1nn(C)c2nc(SC)n(C)c(=O)c2c1=O. The Morgan fingerprint density at radius 3 is 2.57 bits per heavy atom. The molecule has 0 aliphatic heterocycles. The van der Waals surface area contributed by atoms with E-state index in [0.29, 0.717) is 5.16 Å². The van der Waals surface area contributed by atoms with E-state index in [0.717, 1.165) is 0 Å². The lowest BCUT2D eigenvalue weighted by molar-refractivity contribution is -0.144. The molecule has 1 atom stereocenters. The van der Waals surface area contributed by atoms with Crippen molar-refractivity contribution in [3.8, 4) is 0 Å². The van der Waals surface area contributed by atoms with Crippen LogP contribution in [0.1, 0.15) is 25.5 Å². The standard InChI is InChI=1S/C14H18N4O4S/c1-6-22-13(21)7(2)9-10(19)8-11(18(4)16-9)15-14(23-5)17(3)12(8)20/h7H,6H2,1-5H3. The van der Waals surface area contributed by atoms with Gasteiger partial charge in [0, 0.05) is 14.1 Å². The number of aryl methyl sites for hydroxylation is 1. The van der Waals surface area contributed by atoms with Crippen LogP contribution in [0.15, 0.2) is 14.7 Å². The van der Waals surface area contributed by atoms with Crippen molar-refractivity contribution < 1.29 is 9.53 Å². The number of aromatic nitrogens is 4. The van der Waals surface area contributed by atoms with Crippen molar-refractivity contribution >= 4 is 28.8 Å². The Kier molecular flexibility index (Phi) is 4.88. The molecule has 124 valence electrons. The predicted octanol–water partition coefficient (Wildman–Crippen LogP) is 0.416. The fourth-order valence-corrected chi connectivity index (χ4v) is 2.77. The van der Waals surface area contributed by atoms with Gasteiger partial charge in [-0.25, -0.2) is 9.67 Å². The van der Waals surface area contributed by atoms with Crippen molar-refractivity contribution in [3.63, 3.8) is 0 Å². The van der Waals surface area contributed by atoms with E-state index >= 15 is 0 Å². The van der Waals surface area contributed by atoms with Gasteiger partial charge in [-0.2, -0.15) is 5.10 Å². The van der Waals surface area contributed by atoms with Gasteiger partial charge in [0.05, 0.1) is 6.61 Å². The van der Waals surface area contributed by atoms with Crippen molar-refractivity contribution in [1.82, 2.24) is 19.3 Å². The summed E-state index contributed by atoms with van der Waals surface area (Å²) in [6.45, 7) is 3.42. The van der Waals surface area contributed by atoms with Gasteiger partial charge in [-0.1, -0.05) is 11.8 Å². The first-order valence-corrected chi connectivity index (χ1v) is 8.24. The normalized spacial score (nSPS) is 12.4. The molecular formula is C14H18N4O4S. The third-order valence-electron chi connectivity index (χ3n) is 3.49. The molecule has 0 spiro atoms. The molecule has 8 nitrogen and oxygen atoms in total. The number of fused-ring (bicyclic) bond motifs is 1. The Bertz CT molecular complexity index is 887. The van der Waals surface area contributed by atoms with Crippen molar-refractivity contribution in [3.05, 3.63) is 26.3 Å². The van der Waals surface area contributed by atoms with Gasteiger partial charge in [0.1, 0.15) is 17.0 Å². The topological polar surface area (TPSA) is 96.1 Å². The van der Waals surface area contributed by atoms with Crippen LogP contribution in [0.4, 0.5) is 0 Å². The molecule has 0 saturated carbocycles. The second-order valence-corrected chi connectivity index (χ2v) is 5.75. The van der Waals surface area contributed by atoms with Crippen molar-refractivity contribution in [2.45, 2.75) is 24.9 Å². The molecule has 2 aromatic rings. The van der Waals surface area contributed by atoms with Crippen LogP contribution in [0.2, 0.25) is 0 Å². The highest BCUT2D eigenvalue weighted by Gasteiger charge is 2.25. The van der Waals surface area contributed by atoms with Gasteiger partial charge in [0.25, 0.3) is 5.56 Å². The highest BCUT2D eigenvalue weighted by atomic mass is 32.2. The molecule has 0 amide bonds. The zero-order valence-electron chi connectivity index (χ0n) is 13.6. The van der Waals surface area contributed by atoms with E-state index < -0.39 is 22.9 Å². The molecule has 1 unspecified atom stereocenters. The first-order chi connectivity index (χ1) is 10.8. The molecule has 0 bridgehead atoms. The fraction of sp³-hybridized carbons (Fsp3) is 0.500. The lowest BCUT2D eigenvalue weighted by Crippen LogP contribution is -2.32. The minimum atomic E-state index is -0.858. The molecule has 2 rings (SSSR count). The summed E-state index contributed by atoms with van der Waals surface area (Å²) >= 11 is 1.30. The van der Waals surface area contributed by atoms with Gasteiger partial charge in [-0.3, -0.25) is 19.0 Å². The summed E-state index contributed by atoms with van der Waals surface area (Å²) in [5, 5.41) is 4.54. The molecule has 0 aliphatic carbocycles. The summed E-state index contributed by atoms with van der Waals surface area (Å²) in [5.41, 5.74) is -0.865. The number of hydrogen-bond donors (Lipinski definition) is 0. The summed E-state index contributed by atoms with van der Waals surface area (Å²) in [4.78, 5) is 41.4. The van der Waals surface area contributed by atoms with E-state index in [4.69, 9.17) is 4.74 Å². The zero-order chi connectivity index (χ0) is 17.3. The predicted molar refractivity (Wildman–Crippen MR) is 86.8 cm³/mol. The van der Waals surface area contributed by atoms with Crippen molar-refractivity contribution in [2.75, 3.05) is 12.9 Å². The Balaban J connectivity index is 2.81. The minimum Gasteiger partial charge on any atom is -0.465 e. The third kappa shape index (κ3) is 2.88. The second kappa shape index (κ2) is 6.53. The number of ether oxygens (including phenoxy) is 1. The maximum Gasteiger partial charge on any atom is 0.314 e. The molecular weight excluding hydrogens is 320 g/mol. The largest absolute Gasteiger partial charge is 0.465 e. The van der Waals surface area contributed by atoms with E-state index in [9.17, 15) is 14.4 Å². The average molecular weight is 338 g/mol. The Hall–Kier alpha value is -2.16. The summed E-state index contributed by atoms with van der Waals surface area (Å²) < 4.78 is 7.59. The van der Waals surface area contributed by atoms with E-state index in [1.807, 2.05) is 0 Å². The summed E-state index contributed by atoms with van der Waals surface area (Å²) in [6.07, 6.45) is 1.79. The lowest BCUT2D eigenvalue weighted by Gasteiger charge is -2.13. The quantitative estimate of drug-likeness (QED) is 0.453. The summed E-state index contributed by atoms with van der Waals surface area (Å²) in [5.74, 6) is -1.41. The Labute approximate surface area is 136 Å². The highest BCUT2D eigenvalue weighted by Crippen LogP contribution is 2.15. The van der Waals surface area contributed by atoms with Gasteiger partial charge in [-0.05, 0) is 20.1 Å².